The summed E-state index contributed by atoms with van der Waals surface area (Å²) < 4.78 is 28.0. The Balaban J connectivity index is 1.25. The third-order valence-corrected chi connectivity index (χ3v) is 9.11. The lowest BCUT2D eigenvalue weighted by Crippen LogP contribution is -2.35. The van der Waals surface area contributed by atoms with Gasteiger partial charge in [-0.2, -0.15) is 4.31 Å². The summed E-state index contributed by atoms with van der Waals surface area (Å²) in [5.74, 6) is 0. The molecule has 1 atom stereocenters. The molecule has 1 saturated heterocycles. The smallest absolute Gasteiger partial charge is 0.243 e. The number of hydrogen-bond donors (Lipinski definition) is 0. The molecule has 0 amide bonds. The molecule has 0 radical (unpaired) electrons. The summed E-state index contributed by atoms with van der Waals surface area (Å²) in [6, 6.07) is 24.8. The third-order valence-electron chi connectivity index (χ3n) is 7.25. The van der Waals surface area contributed by atoms with Crippen molar-refractivity contribution in [1.29, 1.82) is 0 Å². The number of fused-ring (bicyclic) bond motifs is 1. The maximum absolute atomic E-state index is 13.2. The summed E-state index contributed by atoms with van der Waals surface area (Å²) in [5.41, 5.74) is 5.85. The topological polar surface area (TPSA) is 40.6 Å². The third kappa shape index (κ3) is 4.77. The minimum absolute atomic E-state index is 0.363. The molecular formula is C28H32N2O2S. The number of hydrogen-bond acceptors (Lipinski definition) is 3. The van der Waals surface area contributed by atoms with Crippen molar-refractivity contribution >= 4 is 10.0 Å². The first-order valence-corrected chi connectivity index (χ1v) is 13.4. The lowest BCUT2D eigenvalue weighted by atomic mass is 10.0. The molecule has 2 heterocycles. The molecule has 2 aliphatic heterocycles. The number of benzene rings is 3. The van der Waals surface area contributed by atoms with E-state index in [1.807, 2.05) is 30.3 Å². The standard InChI is InChI=1S/C28H32N2O2S/c1-22-5-4-18-29(22)19-16-23-8-10-25(11-9-23)26-12-14-28(15-13-26)33(31,32)30-20-17-24-6-2-3-7-27(24)21-30/h2-3,6-15,22H,4-5,16-21H2,1H3. The van der Waals surface area contributed by atoms with Gasteiger partial charge in [0.1, 0.15) is 0 Å². The van der Waals surface area contributed by atoms with Crippen molar-refractivity contribution in [2.75, 3.05) is 19.6 Å². The SMILES string of the molecule is CC1CCCN1CCc1ccc(-c2ccc(S(=O)(=O)N3CCc4ccccc4C3)cc2)cc1. The van der Waals surface area contributed by atoms with Gasteiger partial charge in [-0.1, -0.05) is 60.7 Å². The first-order chi connectivity index (χ1) is 16.0. The van der Waals surface area contributed by atoms with Gasteiger partial charge in [0.2, 0.25) is 10.0 Å². The van der Waals surface area contributed by atoms with Gasteiger partial charge in [0.15, 0.2) is 0 Å². The molecule has 0 aromatic heterocycles. The van der Waals surface area contributed by atoms with Crippen LogP contribution in [-0.4, -0.2) is 43.3 Å². The van der Waals surface area contributed by atoms with Gasteiger partial charge in [-0.3, -0.25) is 0 Å². The van der Waals surface area contributed by atoms with Crippen LogP contribution in [0, 0.1) is 0 Å². The highest BCUT2D eigenvalue weighted by Gasteiger charge is 2.28. The van der Waals surface area contributed by atoms with Gasteiger partial charge in [0, 0.05) is 25.7 Å². The average molecular weight is 461 g/mol. The van der Waals surface area contributed by atoms with E-state index in [1.165, 1.54) is 30.5 Å². The molecule has 5 heteroatoms. The summed E-state index contributed by atoms with van der Waals surface area (Å²) in [4.78, 5) is 2.94. The van der Waals surface area contributed by atoms with Crippen LogP contribution in [0.1, 0.15) is 36.5 Å². The number of nitrogens with zero attached hydrogens (tertiary/aromatic N) is 2. The van der Waals surface area contributed by atoms with Gasteiger partial charge >= 0.3 is 0 Å². The van der Waals surface area contributed by atoms with Crippen LogP contribution in [0.4, 0.5) is 0 Å². The van der Waals surface area contributed by atoms with Crippen LogP contribution in [-0.2, 0) is 29.4 Å². The van der Waals surface area contributed by atoms with Crippen molar-refractivity contribution in [3.8, 4) is 11.1 Å². The number of rotatable bonds is 6. The van der Waals surface area contributed by atoms with Crippen molar-refractivity contribution in [2.24, 2.45) is 0 Å². The maximum atomic E-state index is 13.2. The first kappa shape index (κ1) is 22.3. The summed E-state index contributed by atoms with van der Waals surface area (Å²) in [5, 5.41) is 0. The van der Waals surface area contributed by atoms with Gasteiger partial charge in [-0.25, -0.2) is 8.42 Å². The van der Waals surface area contributed by atoms with E-state index >= 15 is 0 Å². The zero-order valence-corrected chi connectivity index (χ0v) is 20.1. The second kappa shape index (κ2) is 9.41. The Morgan fingerprint density at radius 2 is 1.52 bits per heavy atom. The van der Waals surface area contributed by atoms with Crippen LogP contribution in [0.5, 0.6) is 0 Å². The van der Waals surface area contributed by atoms with Crippen molar-refractivity contribution in [3.63, 3.8) is 0 Å². The molecule has 2 aliphatic rings. The molecule has 0 aliphatic carbocycles. The molecule has 3 aromatic carbocycles. The molecule has 4 nitrogen and oxygen atoms in total. The molecule has 3 aromatic rings. The Morgan fingerprint density at radius 1 is 0.848 bits per heavy atom. The highest BCUT2D eigenvalue weighted by molar-refractivity contribution is 7.89. The van der Waals surface area contributed by atoms with Gasteiger partial charge < -0.3 is 4.90 Å². The van der Waals surface area contributed by atoms with Crippen LogP contribution in [0.2, 0.25) is 0 Å². The predicted molar refractivity (Wildman–Crippen MR) is 134 cm³/mol. The minimum Gasteiger partial charge on any atom is -0.300 e. The molecule has 0 spiro atoms. The number of likely N-dealkylation sites (tertiary alicyclic amines) is 1. The average Bonchev–Trinajstić information content (AvgIpc) is 3.27. The van der Waals surface area contributed by atoms with Crippen LogP contribution in [0.25, 0.3) is 11.1 Å². The quantitative estimate of drug-likeness (QED) is 0.512. The van der Waals surface area contributed by atoms with E-state index in [-0.39, 0.29) is 0 Å². The molecule has 5 rings (SSSR count). The molecule has 1 fully saturated rings. The molecule has 33 heavy (non-hydrogen) atoms. The molecule has 172 valence electrons. The zero-order chi connectivity index (χ0) is 22.8. The lowest BCUT2D eigenvalue weighted by molar-refractivity contribution is 0.272. The van der Waals surface area contributed by atoms with Crippen LogP contribution < -0.4 is 0 Å². The Bertz CT molecular complexity index is 1200. The van der Waals surface area contributed by atoms with Crippen molar-refractivity contribution in [3.05, 3.63) is 89.5 Å². The summed E-state index contributed by atoms with van der Waals surface area (Å²) in [6.07, 6.45) is 4.46. The fourth-order valence-electron chi connectivity index (χ4n) is 5.10. The number of sulfonamides is 1. The Kier molecular flexibility index (Phi) is 6.37. The Morgan fingerprint density at radius 3 is 2.18 bits per heavy atom. The van der Waals surface area contributed by atoms with Crippen molar-refractivity contribution in [1.82, 2.24) is 9.21 Å². The van der Waals surface area contributed by atoms with Gasteiger partial charge in [-0.15, -0.1) is 0 Å². The first-order valence-electron chi connectivity index (χ1n) is 12.0. The summed E-state index contributed by atoms with van der Waals surface area (Å²) >= 11 is 0. The molecule has 0 N–H and O–H groups in total. The molecule has 0 bridgehead atoms. The highest BCUT2D eigenvalue weighted by Crippen LogP contribution is 2.27. The van der Waals surface area contributed by atoms with Crippen LogP contribution >= 0.6 is 0 Å². The van der Waals surface area contributed by atoms with E-state index in [4.69, 9.17) is 0 Å². The fraction of sp³-hybridized carbons (Fsp3) is 0.357. The van der Waals surface area contributed by atoms with Crippen LogP contribution in [0.3, 0.4) is 0 Å². The van der Waals surface area contributed by atoms with E-state index < -0.39 is 10.0 Å². The highest BCUT2D eigenvalue weighted by atomic mass is 32.2. The fourth-order valence-corrected chi connectivity index (χ4v) is 6.52. The van der Waals surface area contributed by atoms with Gasteiger partial charge in [0.25, 0.3) is 0 Å². The van der Waals surface area contributed by atoms with E-state index in [9.17, 15) is 8.42 Å². The largest absolute Gasteiger partial charge is 0.300 e. The van der Waals surface area contributed by atoms with E-state index in [0.717, 1.165) is 36.1 Å². The van der Waals surface area contributed by atoms with E-state index in [1.54, 1.807) is 16.4 Å². The second-order valence-corrected chi connectivity index (χ2v) is 11.3. The van der Waals surface area contributed by atoms with Gasteiger partial charge in [-0.05, 0) is 79.1 Å². The van der Waals surface area contributed by atoms with Crippen molar-refractivity contribution in [2.45, 2.75) is 50.1 Å². The minimum atomic E-state index is -3.50. The molecule has 0 saturated carbocycles. The maximum Gasteiger partial charge on any atom is 0.243 e. The van der Waals surface area contributed by atoms with Crippen LogP contribution in [0.15, 0.2) is 77.7 Å². The molecular weight excluding hydrogens is 428 g/mol. The summed E-state index contributed by atoms with van der Waals surface area (Å²) in [6.45, 7) is 5.63. The van der Waals surface area contributed by atoms with E-state index in [0.29, 0.717) is 24.0 Å². The van der Waals surface area contributed by atoms with E-state index in [2.05, 4.69) is 42.2 Å². The van der Waals surface area contributed by atoms with Gasteiger partial charge in [0.05, 0.1) is 4.90 Å². The predicted octanol–water partition coefficient (Wildman–Crippen LogP) is 5.13. The Labute approximate surface area is 197 Å². The summed E-state index contributed by atoms with van der Waals surface area (Å²) in [7, 11) is -3.50. The normalized spacial score (nSPS) is 19.5. The molecule has 1 unspecified atom stereocenters. The zero-order valence-electron chi connectivity index (χ0n) is 19.3. The second-order valence-electron chi connectivity index (χ2n) is 9.36. The Hall–Kier alpha value is -2.47. The lowest BCUT2D eigenvalue weighted by Gasteiger charge is -2.28. The van der Waals surface area contributed by atoms with Crippen molar-refractivity contribution < 1.29 is 8.42 Å². The monoisotopic (exact) mass is 460 g/mol.